The Balaban J connectivity index is 2.17. The van der Waals surface area contributed by atoms with Gasteiger partial charge in [-0.2, -0.15) is 0 Å². The Morgan fingerprint density at radius 2 is 2.23 bits per heavy atom. The molecule has 74 valence electrons. The molecule has 0 aromatic rings. The van der Waals surface area contributed by atoms with Crippen LogP contribution in [0.5, 0.6) is 0 Å². The summed E-state index contributed by atoms with van der Waals surface area (Å²) in [5.41, 5.74) is 5.67. The van der Waals surface area contributed by atoms with E-state index < -0.39 is 0 Å². The fourth-order valence-electron chi connectivity index (χ4n) is 1.40. The van der Waals surface area contributed by atoms with Gasteiger partial charge in [-0.15, -0.1) is 0 Å². The first-order chi connectivity index (χ1) is 6.22. The second-order valence-corrected chi connectivity index (χ2v) is 3.58. The Labute approximate surface area is 79.4 Å². The summed E-state index contributed by atoms with van der Waals surface area (Å²) in [5.74, 6) is 0.0862. The molecule has 0 fully saturated rings. The molecule has 13 heavy (non-hydrogen) atoms. The maximum atomic E-state index is 11.3. The Morgan fingerprint density at radius 3 is 2.77 bits per heavy atom. The molecule has 0 saturated carbocycles. The standard InChI is InChI=1S/C10H18N2O/c1-2-8(11)7-10(13)12-9-5-3-4-6-9/h3-4,8-9H,2,5-7,11H2,1H3,(H,12,13). The van der Waals surface area contributed by atoms with Crippen molar-refractivity contribution in [2.24, 2.45) is 5.73 Å². The first-order valence-corrected chi connectivity index (χ1v) is 4.92. The molecular formula is C10H18N2O. The zero-order valence-corrected chi connectivity index (χ0v) is 8.12. The number of hydrogen-bond acceptors (Lipinski definition) is 2. The molecule has 1 rings (SSSR count). The van der Waals surface area contributed by atoms with Crippen LogP contribution >= 0.6 is 0 Å². The fraction of sp³-hybridized carbons (Fsp3) is 0.700. The predicted octanol–water partition coefficient (Wildman–Crippen LogP) is 0.949. The summed E-state index contributed by atoms with van der Waals surface area (Å²) >= 11 is 0. The maximum Gasteiger partial charge on any atom is 0.221 e. The third-order valence-corrected chi connectivity index (χ3v) is 2.34. The molecule has 1 aliphatic carbocycles. The number of carbonyl (C=O) groups excluding carboxylic acids is 1. The van der Waals surface area contributed by atoms with Crippen LogP contribution < -0.4 is 11.1 Å². The van der Waals surface area contributed by atoms with Crippen molar-refractivity contribution < 1.29 is 4.79 Å². The lowest BCUT2D eigenvalue weighted by Gasteiger charge is -2.14. The van der Waals surface area contributed by atoms with Crippen LogP contribution in [0.25, 0.3) is 0 Å². The molecule has 1 amide bonds. The average molecular weight is 182 g/mol. The van der Waals surface area contributed by atoms with Crippen molar-refractivity contribution in [3.8, 4) is 0 Å². The van der Waals surface area contributed by atoms with Crippen molar-refractivity contribution >= 4 is 5.91 Å². The molecule has 3 nitrogen and oxygen atoms in total. The van der Waals surface area contributed by atoms with Crippen LogP contribution in [0.2, 0.25) is 0 Å². The van der Waals surface area contributed by atoms with Crippen LogP contribution in [-0.4, -0.2) is 18.0 Å². The van der Waals surface area contributed by atoms with E-state index in [4.69, 9.17) is 5.73 Å². The van der Waals surface area contributed by atoms with Gasteiger partial charge < -0.3 is 11.1 Å². The van der Waals surface area contributed by atoms with E-state index in [0.29, 0.717) is 12.5 Å². The zero-order valence-electron chi connectivity index (χ0n) is 8.12. The maximum absolute atomic E-state index is 11.3. The van der Waals surface area contributed by atoms with E-state index in [1.165, 1.54) is 0 Å². The van der Waals surface area contributed by atoms with Gasteiger partial charge in [0, 0.05) is 18.5 Å². The third kappa shape index (κ3) is 3.59. The Hall–Kier alpha value is -0.830. The highest BCUT2D eigenvalue weighted by Crippen LogP contribution is 2.09. The van der Waals surface area contributed by atoms with Crippen molar-refractivity contribution in [2.75, 3.05) is 0 Å². The summed E-state index contributed by atoms with van der Waals surface area (Å²) in [4.78, 5) is 11.3. The highest BCUT2D eigenvalue weighted by Gasteiger charge is 2.14. The highest BCUT2D eigenvalue weighted by atomic mass is 16.1. The molecule has 1 aliphatic rings. The van der Waals surface area contributed by atoms with Gasteiger partial charge in [-0.25, -0.2) is 0 Å². The van der Waals surface area contributed by atoms with Gasteiger partial charge in [-0.05, 0) is 19.3 Å². The lowest BCUT2D eigenvalue weighted by atomic mass is 10.1. The smallest absolute Gasteiger partial charge is 0.221 e. The molecule has 0 aliphatic heterocycles. The van der Waals surface area contributed by atoms with Gasteiger partial charge in [0.1, 0.15) is 0 Å². The van der Waals surface area contributed by atoms with Gasteiger partial charge in [0.05, 0.1) is 0 Å². The van der Waals surface area contributed by atoms with Gasteiger partial charge in [-0.3, -0.25) is 4.79 Å². The predicted molar refractivity (Wildman–Crippen MR) is 53.2 cm³/mol. The van der Waals surface area contributed by atoms with E-state index in [-0.39, 0.29) is 11.9 Å². The van der Waals surface area contributed by atoms with Crippen LogP contribution in [0.3, 0.4) is 0 Å². The lowest BCUT2D eigenvalue weighted by molar-refractivity contribution is -0.122. The molecule has 0 bridgehead atoms. The molecular weight excluding hydrogens is 164 g/mol. The molecule has 0 aromatic heterocycles. The first-order valence-electron chi connectivity index (χ1n) is 4.92. The number of nitrogens with one attached hydrogen (secondary N) is 1. The summed E-state index contributed by atoms with van der Waals surface area (Å²) in [6, 6.07) is 0.325. The van der Waals surface area contributed by atoms with Crippen molar-refractivity contribution in [3.05, 3.63) is 12.2 Å². The normalized spacial score (nSPS) is 18.9. The minimum Gasteiger partial charge on any atom is -0.353 e. The number of nitrogens with two attached hydrogens (primary N) is 1. The van der Waals surface area contributed by atoms with Crippen LogP contribution in [0.15, 0.2) is 12.2 Å². The largest absolute Gasteiger partial charge is 0.353 e. The van der Waals surface area contributed by atoms with Crippen LogP contribution in [0.1, 0.15) is 32.6 Å². The molecule has 3 N–H and O–H groups in total. The molecule has 3 heteroatoms. The topological polar surface area (TPSA) is 55.1 Å². The SMILES string of the molecule is CCC(N)CC(=O)NC1CC=CC1. The summed E-state index contributed by atoms with van der Waals surface area (Å²) in [7, 11) is 0. The van der Waals surface area contributed by atoms with E-state index in [2.05, 4.69) is 17.5 Å². The molecule has 0 spiro atoms. The van der Waals surface area contributed by atoms with Crippen LogP contribution in [0, 0.1) is 0 Å². The minimum absolute atomic E-state index is 0.00867. The monoisotopic (exact) mass is 182 g/mol. The summed E-state index contributed by atoms with van der Waals surface area (Å²) in [5, 5.41) is 2.96. The van der Waals surface area contributed by atoms with Crippen molar-refractivity contribution in [1.82, 2.24) is 5.32 Å². The molecule has 0 aromatic carbocycles. The highest BCUT2D eigenvalue weighted by molar-refractivity contribution is 5.76. The second-order valence-electron chi connectivity index (χ2n) is 3.58. The van der Waals surface area contributed by atoms with E-state index in [9.17, 15) is 4.79 Å². The Morgan fingerprint density at radius 1 is 1.62 bits per heavy atom. The summed E-state index contributed by atoms with van der Waals surface area (Å²) in [6.07, 6.45) is 7.44. The van der Waals surface area contributed by atoms with Crippen molar-refractivity contribution in [3.63, 3.8) is 0 Å². The first kappa shape index (κ1) is 10.3. The zero-order chi connectivity index (χ0) is 9.68. The van der Waals surface area contributed by atoms with E-state index in [1.54, 1.807) is 0 Å². The van der Waals surface area contributed by atoms with E-state index >= 15 is 0 Å². The Bertz CT molecular complexity index is 193. The molecule has 0 radical (unpaired) electrons. The lowest BCUT2D eigenvalue weighted by Crippen LogP contribution is -2.36. The van der Waals surface area contributed by atoms with Crippen molar-refractivity contribution in [1.29, 1.82) is 0 Å². The van der Waals surface area contributed by atoms with Gasteiger partial charge in [-0.1, -0.05) is 19.1 Å². The number of amides is 1. The van der Waals surface area contributed by atoms with Gasteiger partial charge in [0.2, 0.25) is 5.91 Å². The van der Waals surface area contributed by atoms with Crippen LogP contribution in [0.4, 0.5) is 0 Å². The van der Waals surface area contributed by atoms with E-state index in [0.717, 1.165) is 19.3 Å². The van der Waals surface area contributed by atoms with Gasteiger partial charge in [0.25, 0.3) is 0 Å². The van der Waals surface area contributed by atoms with Gasteiger partial charge in [0.15, 0.2) is 0 Å². The molecule has 1 atom stereocenters. The quantitative estimate of drug-likeness (QED) is 0.636. The Kier molecular flexibility index (Phi) is 3.96. The molecule has 1 unspecified atom stereocenters. The molecule has 0 heterocycles. The van der Waals surface area contributed by atoms with Gasteiger partial charge >= 0.3 is 0 Å². The number of rotatable bonds is 4. The fourth-order valence-corrected chi connectivity index (χ4v) is 1.40. The number of hydrogen-bond donors (Lipinski definition) is 2. The number of carbonyl (C=O) groups is 1. The van der Waals surface area contributed by atoms with Crippen molar-refractivity contribution in [2.45, 2.75) is 44.7 Å². The summed E-state index contributed by atoms with van der Waals surface area (Å²) in [6.45, 7) is 2.00. The van der Waals surface area contributed by atoms with E-state index in [1.807, 2.05) is 6.92 Å². The van der Waals surface area contributed by atoms with Crippen LogP contribution in [-0.2, 0) is 4.79 Å². The average Bonchev–Trinajstić information content (AvgIpc) is 2.56. The third-order valence-electron chi connectivity index (χ3n) is 2.34. The molecule has 0 saturated heterocycles. The minimum atomic E-state index is 0.00867. The summed E-state index contributed by atoms with van der Waals surface area (Å²) < 4.78 is 0. The second kappa shape index (κ2) is 5.02.